The minimum Gasteiger partial charge on any atom is -0.462 e. The van der Waals surface area contributed by atoms with Crippen molar-refractivity contribution >= 4 is 17.9 Å². The molecule has 0 saturated heterocycles. The van der Waals surface area contributed by atoms with E-state index in [1.807, 2.05) is 12.2 Å². The van der Waals surface area contributed by atoms with Crippen molar-refractivity contribution in [2.24, 2.45) is 0 Å². The molecular formula is C73H116O6. The molecule has 0 aromatic heterocycles. The lowest BCUT2D eigenvalue weighted by molar-refractivity contribution is -0.166. The van der Waals surface area contributed by atoms with Crippen molar-refractivity contribution in [1.29, 1.82) is 0 Å². The van der Waals surface area contributed by atoms with Crippen LogP contribution in [0.5, 0.6) is 0 Å². The van der Waals surface area contributed by atoms with Gasteiger partial charge in [-0.2, -0.15) is 0 Å². The van der Waals surface area contributed by atoms with Crippen LogP contribution in [0.3, 0.4) is 0 Å². The highest BCUT2D eigenvalue weighted by Crippen LogP contribution is 2.15. The smallest absolute Gasteiger partial charge is 0.306 e. The van der Waals surface area contributed by atoms with Crippen molar-refractivity contribution in [1.82, 2.24) is 0 Å². The van der Waals surface area contributed by atoms with Crippen molar-refractivity contribution in [2.45, 2.75) is 271 Å². The van der Waals surface area contributed by atoms with Crippen LogP contribution in [-0.2, 0) is 28.6 Å². The van der Waals surface area contributed by atoms with Gasteiger partial charge in [0.2, 0.25) is 0 Å². The second-order valence-corrected chi connectivity index (χ2v) is 20.5. The molecule has 6 heteroatoms. The van der Waals surface area contributed by atoms with Gasteiger partial charge in [-0.3, -0.25) is 14.4 Å². The molecule has 79 heavy (non-hydrogen) atoms. The molecule has 0 amide bonds. The van der Waals surface area contributed by atoms with E-state index in [9.17, 15) is 14.4 Å². The molecule has 0 radical (unpaired) electrons. The number of unbranched alkanes of at least 4 members (excludes halogenated alkanes) is 19. The quantitative estimate of drug-likeness (QED) is 0.0261. The number of hydrogen-bond acceptors (Lipinski definition) is 6. The highest BCUT2D eigenvalue weighted by Gasteiger charge is 2.19. The molecule has 0 bridgehead atoms. The maximum Gasteiger partial charge on any atom is 0.306 e. The Balaban J connectivity index is 4.33. The first-order valence-electron chi connectivity index (χ1n) is 32.0. The number of carbonyl (C=O) groups is 3. The number of carbonyl (C=O) groups excluding carboxylic acids is 3. The maximum atomic E-state index is 12.8. The van der Waals surface area contributed by atoms with E-state index in [0.29, 0.717) is 19.3 Å². The number of allylic oxidation sites excluding steroid dienone is 26. The second-order valence-electron chi connectivity index (χ2n) is 20.5. The molecule has 0 aliphatic carbocycles. The number of ether oxygens (including phenoxy) is 3. The van der Waals surface area contributed by atoms with Gasteiger partial charge in [0.05, 0.1) is 0 Å². The van der Waals surface area contributed by atoms with E-state index in [4.69, 9.17) is 14.2 Å². The van der Waals surface area contributed by atoms with Gasteiger partial charge in [0.15, 0.2) is 6.10 Å². The number of esters is 3. The molecule has 0 aliphatic heterocycles. The molecule has 0 N–H and O–H groups in total. The van der Waals surface area contributed by atoms with Crippen molar-refractivity contribution in [2.75, 3.05) is 13.2 Å². The van der Waals surface area contributed by atoms with E-state index in [2.05, 4.69) is 167 Å². The summed E-state index contributed by atoms with van der Waals surface area (Å²) in [7, 11) is 0. The summed E-state index contributed by atoms with van der Waals surface area (Å²) < 4.78 is 16.8. The maximum absolute atomic E-state index is 12.8. The Kier molecular flexibility index (Phi) is 61.4. The van der Waals surface area contributed by atoms with E-state index in [-0.39, 0.29) is 31.6 Å². The summed E-state index contributed by atoms with van der Waals surface area (Å²) >= 11 is 0. The van der Waals surface area contributed by atoms with Gasteiger partial charge in [-0.25, -0.2) is 0 Å². The van der Waals surface area contributed by atoms with E-state index in [1.165, 1.54) is 89.9 Å². The van der Waals surface area contributed by atoms with Crippen LogP contribution in [0.25, 0.3) is 0 Å². The summed E-state index contributed by atoms with van der Waals surface area (Å²) in [5.74, 6) is -1.02. The molecule has 0 spiro atoms. The molecule has 0 rings (SSSR count). The Morgan fingerprint density at radius 1 is 0.266 bits per heavy atom. The standard InChI is InChI=1S/C73H116O6/c1-4-7-10-13-16-19-22-24-26-28-30-31-32-33-34-35-36-37-38-39-40-41-43-44-46-48-51-54-57-60-63-66-72(75)78-69-70(68-77-71(74)65-62-59-56-53-50-21-18-15-12-9-6-3)79-73(76)67-64-61-58-55-52-49-47-45-42-29-27-25-23-20-17-14-11-8-5-2/h7-8,10-11,15-20,24-27,30-31,33-34,36-37,42,45,49,52,58,61,70H,4-6,9,12-14,21-23,28-29,32,35,38-41,43-44,46-48,50-51,53-57,59-60,62-69H2,1-3H3/b10-7-,11-8-,18-15-,19-16-,20-17-,26-24-,27-25-,31-30-,34-33-,37-36-,45-42-,52-49-,61-58-. The lowest BCUT2D eigenvalue weighted by atomic mass is 10.0. The predicted molar refractivity (Wildman–Crippen MR) is 343 cm³/mol. The summed E-state index contributed by atoms with van der Waals surface area (Å²) in [4.78, 5) is 38.2. The van der Waals surface area contributed by atoms with Gasteiger partial charge >= 0.3 is 17.9 Å². The molecule has 0 aromatic carbocycles. The number of hydrogen-bond donors (Lipinski definition) is 0. The fourth-order valence-corrected chi connectivity index (χ4v) is 8.28. The van der Waals surface area contributed by atoms with Gasteiger partial charge < -0.3 is 14.2 Å². The van der Waals surface area contributed by atoms with Crippen LogP contribution in [0.2, 0.25) is 0 Å². The second kappa shape index (κ2) is 65.5. The average Bonchev–Trinajstić information content (AvgIpc) is 3.45. The zero-order valence-electron chi connectivity index (χ0n) is 50.8. The van der Waals surface area contributed by atoms with Gasteiger partial charge in [-0.15, -0.1) is 0 Å². The zero-order valence-corrected chi connectivity index (χ0v) is 50.8. The van der Waals surface area contributed by atoms with Crippen LogP contribution in [-0.4, -0.2) is 37.2 Å². The fraction of sp³-hybridized carbons (Fsp3) is 0.603. The largest absolute Gasteiger partial charge is 0.462 e. The minimum atomic E-state index is -0.829. The van der Waals surface area contributed by atoms with Crippen molar-refractivity contribution in [3.8, 4) is 0 Å². The van der Waals surface area contributed by atoms with Crippen LogP contribution in [0.1, 0.15) is 265 Å². The van der Waals surface area contributed by atoms with Gasteiger partial charge in [0.1, 0.15) is 13.2 Å². The summed E-state index contributed by atoms with van der Waals surface area (Å²) in [6, 6.07) is 0. The predicted octanol–water partition coefficient (Wildman–Crippen LogP) is 22.1. The summed E-state index contributed by atoms with van der Waals surface area (Å²) in [6.45, 7) is 6.30. The lowest BCUT2D eigenvalue weighted by Crippen LogP contribution is -2.30. The summed E-state index contributed by atoms with van der Waals surface area (Å²) in [5.41, 5.74) is 0. The summed E-state index contributed by atoms with van der Waals surface area (Å²) in [5, 5.41) is 0. The molecule has 0 aliphatic rings. The highest BCUT2D eigenvalue weighted by atomic mass is 16.6. The van der Waals surface area contributed by atoms with Crippen molar-refractivity contribution in [3.05, 3.63) is 158 Å². The van der Waals surface area contributed by atoms with Crippen LogP contribution in [0, 0.1) is 0 Å². The lowest BCUT2D eigenvalue weighted by Gasteiger charge is -2.18. The topological polar surface area (TPSA) is 78.9 Å². The highest BCUT2D eigenvalue weighted by molar-refractivity contribution is 5.71. The Bertz CT molecular complexity index is 1780. The van der Waals surface area contributed by atoms with Crippen LogP contribution in [0.4, 0.5) is 0 Å². The molecule has 0 saturated carbocycles. The van der Waals surface area contributed by atoms with Crippen LogP contribution < -0.4 is 0 Å². The SMILES string of the molecule is CC/C=C\C/C=C\C/C=C\C/C=C\C/C=C\C/C=C\CCCCCCCCCCCCCCC(=O)OCC(COC(=O)CCCCCCC/C=C\CCCC)OC(=O)CC/C=C\C/C=C\C/C=C\C/C=C\C/C=C\C/C=C\CC. The van der Waals surface area contributed by atoms with Crippen molar-refractivity contribution in [3.63, 3.8) is 0 Å². The average molecular weight is 1090 g/mol. The third-order valence-corrected chi connectivity index (χ3v) is 13.0. The fourth-order valence-electron chi connectivity index (χ4n) is 8.28. The van der Waals surface area contributed by atoms with E-state index in [1.54, 1.807) is 0 Å². The monoisotopic (exact) mass is 1090 g/mol. The Morgan fingerprint density at radius 2 is 0.519 bits per heavy atom. The van der Waals surface area contributed by atoms with Gasteiger partial charge in [-0.05, 0) is 128 Å². The first-order valence-corrected chi connectivity index (χ1v) is 32.0. The summed E-state index contributed by atoms with van der Waals surface area (Å²) in [6.07, 6.45) is 95.6. The third-order valence-electron chi connectivity index (χ3n) is 13.0. The molecule has 1 unspecified atom stereocenters. The van der Waals surface area contributed by atoms with Crippen LogP contribution >= 0.6 is 0 Å². The Morgan fingerprint density at radius 3 is 0.835 bits per heavy atom. The van der Waals surface area contributed by atoms with E-state index >= 15 is 0 Å². The molecule has 0 aromatic rings. The van der Waals surface area contributed by atoms with Gasteiger partial charge in [-0.1, -0.05) is 275 Å². The Hall–Kier alpha value is -4.97. The molecule has 1 atom stereocenters. The molecule has 0 heterocycles. The first kappa shape index (κ1) is 74.0. The van der Waals surface area contributed by atoms with E-state index in [0.717, 1.165) is 128 Å². The zero-order chi connectivity index (χ0) is 57.1. The Labute approximate surface area is 486 Å². The normalized spacial score (nSPS) is 13.2. The molecule has 444 valence electrons. The molecular weight excluding hydrogens is 973 g/mol. The minimum absolute atomic E-state index is 0.117. The molecule has 6 nitrogen and oxygen atoms in total. The first-order chi connectivity index (χ1) is 39.0. The number of rotatable bonds is 56. The van der Waals surface area contributed by atoms with Gasteiger partial charge in [0, 0.05) is 19.3 Å². The van der Waals surface area contributed by atoms with Gasteiger partial charge in [0.25, 0.3) is 0 Å². The molecule has 0 fully saturated rings. The van der Waals surface area contributed by atoms with Crippen LogP contribution in [0.15, 0.2) is 158 Å². The van der Waals surface area contributed by atoms with Crippen molar-refractivity contribution < 1.29 is 28.6 Å². The van der Waals surface area contributed by atoms with E-state index < -0.39 is 12.1 Å². The third kappa shape index (κ3) is 63.7.